The summed E-state index contributed by atoms with van der Waals surface area (Å²) in [4.78, 5) is 12.4. The van der Waals surface area contributed by atoms with Gasteiger partial charge in [0.05, 0.1) is 39.6 Å². The molecule has 36 heteroatoms. The molecule has 21 aliphatic heterocycles. The van der Waals surface area contributed by atoms with Gasteiger partial charge in [-0.25, -0.2) is 0 Å². The normalized spacial score (nSPS) is 53.1. The molecular weight excluding hydrogens is 1110 g/mol. The molecule has 21 aliphatic rings. The molecule has 0 aromatic rings. The van der Waals surface area contributed by atoms with Crippen LogP contribution in [0.5, 0.6) is 0 Å². The zero-order chi connectivity index (χ0) is 59.0. The summed E-state index contributed by atoms with van der Waals surface area (Å²) in [6.07, 6.45) is -69.9. The van der Waals surface area contributed by atoms with Crippen molar-refractivity contribution in [1.29, 1.82) is 0 Å². The lowest BCUT2D eigenvalue weighted by Gasteiger charge is -2.50. The summed E-state index contributed by atoms with van der Waals surface area (Å²) >= 11 is 0. The largest absolute Gasteiger partial charge is 0.394 e. The summed E-state index contributed by atoms with van der Waals surface area (Å²) in [5.74, 6) is -0.815. The molecule has 81 heavy (non-hydrogen) atoms. The molecule has 21 saturated heterocycles. The number of hydrogen-bond donors (Lipinski definition) is 21. The van der Waals surface area contributed by atoms with Crippen molar-refractivity contribution >= 4 is 5.91 Å². The summed E-state index contributed by atoms with van der Waals surface area (Å²) in [6, 6.07) is 0. The van der Waals surface area contributed by atoms with Crippen LogP contribution in [0.3, 0.4) is 0 Å². The molecule has 21 heterocycles. The molecule has 0 spiro atoms. The summed E-state index contributed by atoms with van der Waals surface area (Å²) in [7, 11) is 0. The SMILES string of the molecule is C=CC(=O)NCC1OC2OC3C(CO)OC(OC4C(CO)OC(OC5C(CO)OC(OC6C(CO)OC(OC7C(CO)OC(OC8C(CO)OC(OC1C(O)C2O)C(O)C8O)C(O)C7O)C(O)C6O)C(O)C5O)C(O)C4O)C(O)C3O. The molecule has 1 amide bonds. The van der Waals surface area contributed by atoms with Crippen LogP contribution in [0.15, 0.2) is 12.7 Å². The van der Waals surface area contributed by atoms with Crippen LogP contribution in [-0.2, 0) is 71.1 Å². The highest BCUT2D eigenvalue weighted by atomic mass is 16.8. The van der Waals surface area contributed by atoms with Gasteiger partial charge < -0.3 is 174 Å². The van der Waals surface area contributed by atoms with Gasteiger partial charge in [-0.05, 0) is 6.08 Å². The Labute approximate surface area is 457 Å². The van der Waals surface area contributed by atoms with Crippen molar-refractivity contribution in [2.75, 3.05) is 46.2 Å². The van der Waals surface area contributed by atoms with Crippen molar-refractivity contribution in [2.24, 2.45) is 0 Å². The Morgan fingerprint density at radius 3 is 0.605 bits per heavy atom. The number of nitrogens with one attached hydrogen (secondary N) is 1. The smallest absolute Gasteiger partial charge is 0.243 e. The highest BCUT2D eigenvalue weighted by molar-refractivity contribution is 5.86. The van der Waals surface area contributed by atoms with Crippen molar-refractivity contribution < 1.29 is 173 Å². The van der Waals surface area contributed by atoms with Crippen LogP contribution in [0.25, 0.3) is 0 Å². The second-order valence-corrected chi connectivity index (χ2v) is 20.4. The van der Waals surface area contributed by atoms with Gasteiger partial charge in [-0.1, -0.05) is 6.58 Å². The van der Waals surface area contributed by atoms with Crippen LogP contribution in [0, 0.1) is 0 Å². The molecule has 0 aromatic heterocycles. The van der Waals surface area contributed by atoms with Crippen molar-refractivity contribution in [2.45, 2.75) is 215 Å². The molecule has 21 N–H and O–H groups in total. The van der Waals surface area contributed by atoms with Crippen molar-refractivity contribution in [3.63, 3.8) is 0 Å². The fourth-order valence-corrected chi connectivity index (χ4v) is 10.7. The summed E-state index contributed by atoms with van der Waals surface area (Å²) in [5.41, 5.74) is 0. The number of rotatable bonds is 9. The Balaban J connectivity index is 1.10. The minimum absolute atomic E-state index is 0.625. The predicted octanol–water partition coefficient (Wildman–Crippen LogP) is -14.9. The van der Waals surface area contributed by atoms with Gasteiger partial charge in [0.2, 0.25) is 5.91 Å². The Morgan fingerprint density at radius 1 is 0.284 bits per heavy atom. The monoisotopic (exact) mass is 1190 g/mol. The first kappa shape index (κ1) is 64.8. The maximum absolute atomic E-state index is 12.4. The molecule has 21 fully saturated rings. The molecular formula is C45H73NO35. The molecule has 0 radical (unpaired) electrons. The summed E-state index contributed by atoms with van der Waals surface area (Å²) in [6.45, 7) is -3.64. The Bertz CT molecular complexity index is 1990. The van der Waals surface area contributed by atoms with Gasteiger partial charge in [0.15, 0.2) is 44.0 Å². The molecule has 35 atom stereocenters. The fraction of sp³-hybridized carbons (Fsp3) is 0.933. The standard InChI is InChI=1S/C45H73NO35/c1-2-17(53)46-3-10-32-18(54)25(61)39(68-10)76-33-11(4-47)70-41(27(63)20(33)56)78-35-13(6-49)72-43(29(65)22(35)58)80-37-15(8-51)74-45(31(67)24(37)60)81-38-16(9-52)73-44(30(66)23(38)59)79-36-14(7-50)71-42(28(64)21(36)57)77-34-12(5-48)69-40(75-32)26(62)19(34)55/h2,10-16,18-45,47-52,54-67H,1,3-9H2,(H,46,53). The van der Waals surface area contributed by atoms with E-state index in [0.29, 0.717) is 0 Å². The molecule has 0 saturated carbocycles. The number of ether oxygens (including phenoxy) is 14. The third-order valence-corrected chi connectivity index (χ3v) is 15.3. The molecule has 0 aromatic carbocycles. The van der Waals surface area contributed by atoms with Crippen LogP contribution < -0.4 is 5.32 Å². The fourth-order valence-electron chi connectivity index (χ4n) is 10.7. The Kier molecular flexibility index (Phi) is 22.2. The van der Waals surface area contributed by atoms with E-state index in [9.17, 15) is 107 Å². The minimum atomic E-state index is -2.24. The van der Waals surface area contributed by atoms with Crippen LogP contribution in [0.1, 0.15) is 0 Å². The summed E-state index contributed by atoms with van der Waals surface area (Å²) in [5, 5.41) is 224. The van der Waals surface area contributed by atoms with E-state index in [1.165, 1.54) is 0 Å². The molecule has 14 bridgehead atoms. The quantitative estimate of drug-likeness (QED) is 0.0953. The van der Waals surface area contributed by atoms with Crippen molar-refractivity contribution in [3.8, 4) is 0 Å². The van der Waals surface area contributed by atoms with Crippen molar-refractivity contribution in [1.82, 2.24) is 5.32 Å². The van der Waals surface area contributed by atoms with E-state index in [-0.39, 0.29) is 0 Å². The highest BCUT2D eigenvalue weighted by Crippen LogP contribution is 2.39. The number of carbonyl (C=O) groups is 1. The lowest BCUT2D eigenvalue weighted by Crippen LogP contribution is -2.68. The van der Waals surface area contributed by atoms with Crippen LogP contribution in [0.4, 0.5) is 0 Å². The second kappa shape index (κ2) is 27.7. The molecule has 36 nitrogen and oxygen atoms in total. The van der Waals surface area contributed by atoms with E-state index in [1.807, 2.05) is 0 Å². The first-order valence-electron chi connectivity index (χ1n) is 25.8. The van der Waals surface area contributed by atoms with Gasteiger partial charge in [0.1, 0.15) is 171 Å². The highest BCUT2D eigenvalue weighted by Gasteiger charge is 2.59. The lowest BCUT2D eigenvalue weighted by atomic mass is 9.95. The maximum Gasteiger partial charge on any atom is 0.243 e. The average Bonchev–Trinajstić information content (AvgIpc) is 3.54. The van der Waals surface area contributed by atoms with E-state index in [4.69, 9.17) is 66.3 Å². The van der Waals surface area contributed by atoms with Crippen LogP contribution in [-0.4, -0.2) is 369 Å². The van der Waals surface area contributed by atoms with Gasteiger partial charge in [-0.3, -0.25) is 4.79 Å². The van der Waals surface area contributed by atoms with Gasteiger partial charge in [0.25, 0.3) is 0 Å². The lowest BCUT2D eigenvalue weighted by molar-refractivity contribution is -0.396. The molecule has 35 unspecified atom stereocenters. The molecule has 468 valence electrons. The van der Waals surface area contributed by atoms with E-state index >= 15 is 0 Å². The number of amides is 1. The van der Waals surface area contributed by atoms with Gasteiger partial charge in [-0.15, -0.1) is 0 Å². The van der Waals surface area contributed by atoms with E-state index < -0.39 is 267 Å². The van der Waals surface area contributed by atoms with Gasteiger partial charge >= 0.3 is 0 Å². The number of aliphatic hydroxyl groups excluding tert-OH is 20. The minimum Gasteiger partial charge on any atom is -0.394 e. The van der Waals surface area contributed by atoms with E-state index in [2.05, 4.69) is 11.9 Å². The number of carbonyl (C=O) groups excluding carboxylic acids is 1. The predicted molar refractivity (Wildman–Crippen MR) is 245 cm³/mol. The van der Waals surface area contributed by atoms with Crippen LogP contribution >= 0.6 is 0 Å². The zero-order valence-electron chi connectivity index (χ0n) is 42.5. The first-order valence-corrected chi connectivity index (χ1v) is 25.8. The van der Waals surface area contributed by atoms with Crippen LogP contribution in [0.2, 0.25) is 0 Å². The van der Waals surface area contributed by atoms with E-state index in [0.717, 1.165) is 6.08 Å². The van der Waals surface area contributed by atoms with Gasteiger partial charge in [-0.2, -0.15) is 0 Å². The van der Waals surface area contributed by atoms with Gasteiger partial charge in [0, 0.05) is 6.54 Å². The third kappa shape index (κ3) is 13.1. The first-order chi connectivity index (χ1) is 38.5. The maximum atomic E-state index is 12.4. The molecule has 21 rings (SSSR count). The average molecular weight is 1190 g/mol. The number of hydrogen-bond acceptors (Lipinski definition) is 35. The third-order valence-electron chi connectivity index (χ3n) is 15.3. The second-order valence-electron chi connectivity index (χ2n) is 20.4. The zero-order valence-corrected chi connectivity index (χ0v) is 42.5. The van der Waals surface area contributed by atoms with E-state index in [1.54, 1.807) is 0 Å². The Morgan fingerprint density at radius 2 is 0.444 bits per heavy atom. The topological polar surface area (TPSA) is 563 Å². The number of aliphatic hydroxyl groups is 20. The Hall–Kier alpha value is -2.15. The van der Waals surface area contributed by atoms with Crippen molar-refractivity contribution in [3.05, 3.63) is 12.7 Å². The summed E-state index contributed by atoms with van der Waals surface area (Å²) < 4.78 is 80.3. The molecule has 0 aliphatic carbocycles.